The van der Waals surface area contributed by atoms with E-state index >= 15 is 0 Å². The lowest BCUT2D eigenvalue weighted by atomic mass is 10.1. The average molecular weight is 510 g/mol. The van der Waals surface area contributed by atoms with Crippen LogP contribution in [0.2, 0.25) is 0 Å². The molecule has 14 heteroatoms. The minimum atomic E-state index is -5.08. The highest BCUT2D eigenvalue weighted by atomic mass is 32.1. The van der Waals surface area contributed by atoms with Crippen LogP contribution in [0.25, 0.3) is 22.6 Å². The van der Waals surface area contributed by atoms with Gasteiger partial charge in [0.25, 0.3) is 0 Å². The molecule has 2 aliphatic rings. The van der Waals surface area contributed by atoms with Crippen LogP contribution in [0.1, 0.15) is 17.8 Å². The van der Waals surface area contributed by atoms with Gasteiger partial charge in [-0.15, -0.1) is 10.2 Å². The van der Waals surface area contributed by atoms with Gasteiger partial charge in [-0.1, -0.05) is 6.07 Å². The number of aromatic nitrogens is 5. The Morgan fingerprint density at radius 1 is 1.26 bits per heavy atom. The number of phenols is 1. The molecule has 1 aliphatic heterocycles. The molecule has 3 heterocycles. The number of hydrogen-bond donors (Lipinski definition) is 3. The number of hydrogen-bond acceptors (Lipinski definition) is 10. The first-order valence-corrected chi connectivity index (χ1v) is 11.5. The number of carboxylic acids is 1. The summed E-state index contributed by atoms with van der Waals surface area (Å²) >= 11 is 1.34. The summed E-state index contributed by atoms with van der Waals surface area (Å²) in [6.45, 7) is 4.65. The number of halogens is 3. The van der Waals surface area contributed by atoms with E-state index < -0.39 is 12.1 Å². The van der Waals surface area contributed by atoms with Crippen LogP contribution in [0.15, 0.2) is 24.4 Å². The van der Waals surface area contributed by atoms with E-state index in [1.807, 2.05) is 13.0 Å². The molecular weight excluding hydrogens is 487 g/mol. The van der Waals surface area contributed by atoms with Gasteiger partial charge >= 0.3 is 12.1 Å². The fourth-order valence-corrected chi connectivity index (χ4v) is 4.11. The summed E-state index contributed by atoms with van der Waals surface area (Å²) in [4.78, 5) is 20.0. The second-order valence-electron chi connectivity index (χ2n) is 8.16. The Bertz CT molecular complexity index is 1190. The smallest absolute Gasteiger partial charge is 0.490 e. The predicted molar refractivity (Wildman–Crippen MR) is 121 cm³/mol. The number of benzene rings is 1. The van der Waals surface area contributed by atoms with E-state index in [9.17, 15) is 18.3 Å². The molecule has 1 atom stereocenters. The Morgan fingerprint density at radius 2 is 2.00 bits per heavy atom. The van der Waals surface area contributed by atoms with Crippen molar-refractivity contribution >= 4 is 23.5 Å². The predicted octanol–water partition coefficient (Wildman–Crippen LogP) is 2.89. The second-order valence-corrected chi connectivity index (χ2v) is 9.12. The molecule has 1 saturated heterocycles. The van der Waals surface area contributed by atoms with Crippen LogP contribution >= 0.6 is 11.5 Å². The summed E-state index contributed by atoms with van der Waals surface area (Å²) in [5, 5.41) is 30.7. The van der Waals surface area contributed by atoms with Crippen molar-refractivity contribution in [2.45, 2.75) is 32.0 Å². The van der Waals surface area contributed by atoms with Crippen LogP contribution < -0.4 is 10.2 Å². The van der Waals surface area contributed by atoms with Gasteiger partial charge in [0.2, 0.25) is 5.95 Å². The largest absolute Gasteiger partial charge is 0.507 e. The number of aliphatic carboxylic acids is 1. The zero-order valence-corrected chi connectivity index (χ0v) is 19.3. The fraction of sp³-hybridized carbons (Fsp3) is 0.429. The highest BCUT2D eigenvalue weighted by Crippen LogP contribution is 2.34. The fourth-order valence-electron chi connectivity index (χ4n) is 3.62. The lowest BCUT2D eigenvalue weighted by molar-refractivity contribution is -0.192. The number of aryl methyl sites for hydroxylation is 1. The number of phenolic OH excluding ortho intramolecular Hbond substituents is 1. The second kappa shape index (κ2) is 10.1. The monoisotopic (exact) mass is 509 g/mol. The number of carbonyl (C=O) groups is 1. The van der Waals surface area contributed by atoms with Crippen molar-refractivity contribution < 1.29 is 28.2 Å². The van der Waals surface area contributed by atoms with Crippen molar-refractivity contribution in [3.05, 3.63) is 29.4 Å². The van der Waals surface area contributed by atoms with Crippen LogP contribution in [0.3, 0.4) is 0 Å². The molecule has 5 rings (SSSR count). The molecule has 35 heavy (non-hydrogen) atoms. The number of nitrogens with one attached hydrogen (secondary N) is 1. The van der Waals surface area contributed by atoms with Crippen molar-refractivity contribution in [1.82, 2.24) is 29.9 Å². The van der Waals surface area contributed by atoms with Crippen molar-refractivity contribution in [2.24, 2.45) is 5.92 Å². The lowest BCUT2D eigenvalue weighted by Gasteiger charge is -2.33. The van der Waals surface area contributed by atoms with Gasteiger partial charge in [-0.2, -0.15) is 17.5 Å². The molecule has 186 valence electrons. The molecule has 0 spiro atoms. The van der Waals surface area contributed by atoms with Crippen LogP contribution in [-0.2, 0) is 4.79 Å². The Labute approximate surface area is 202 Å². The molecular formula is C21H22F3N7O3S. The number of rotatable bonds is 4. The molecule has 3 N–H and O–H groups in total. The molecule has 10 nitrogen and oxygen atoms in total. The number of piperazine rings is 1. The lowest BCUT2D eigenvalue weighted by Crippen LogP contribution is -2.52. The highest BCUT2D eigenvalue weighted by molar-refractivity contribution is 7.05. The molecule has 3 aromatic rings. The maximum absolute atomic E-state index is 10.6. The number of carboxylic acid groups (broad SMARTS) is 1. The first-order valence-electron chi connectivity index (χ1n) is 10.7. The van der Waals surface area contributed by atoms with E-state index in [-0.39, 0.29) is 5.75 Å². The van der Waals surface area contributed by atoms with E-state index in [1.54, 1.807) is 18.3 Å². The first-order chi connectivity index (χ1) is 16.6. The molecule has 0 unspecified atom stereocenters. The number of aromatic hydroxyl groups is 1. The minimum absolute atomic E-state index is 0.116. The summed E-state index contributed by atoms with van der Waals surface area (Å²) in [5.41, 5.74) is 1.91. The third-order valence-corrected chi connectivity index (χ3v) is 6.15. The van der Waals surface area contributed by atoms with Gasteiger partial charge in [0.05, 0.1) is 6.20 Å². The summed E-state index contributed by atoms with van der Waals surface area (Å²) in [5.74, 6) is -0.583. The molecule has 0 bridgehead atoms. The van der Waals surface area contributed by atoms with Gasteiger partial charge in [-0.05, 0) is 49.3 Å². The van der Waals surface area contributed by atoms with E-state index in [0.717, 1.165) is 36.1 Å². The topological polar surface area (TPSA) is 137 Å². The summed E-state index contributed by atoms with van der Waals surface area (Å²) in [7, 11) is 0. The van der Waals surface area contributed by atoms with Crippen LogP contribution in [0.5, 0.6) is 5.75 Å². The maximum Gasteiger partial charge on any atom is 0.490 e. The average Bonchev–Trinajstić information content (AvgIpc) is 3.59. The van der Waals surface area contributed by atoms with E-state index in [4.69, 9.17) is 9.90 Å². The maximum atomic E-state index is 10.6. The first kappa shape index (κ1) is 24.7. The Kier molecular flexibility index (Phi) is 7.12. The number of alkyl halides is 3. The summed E-state index contributed by atoms with van der Waals surface area (Å²) in [6, 6.07) is 5.86. The molecule has 0 radical (unpaired) electrons. The van der Waals surface area contributed by atoms with Crippen molar-refractivity contribution in [2.75, 3.05) is 24.5 Å². The Hall–Kier alpha value is -3.39. The molecule has 2 aromatic heterocycles. The molecule has 1 saturated carbocycles. The summed E-state index contributed by atoms with van der Waals surface area (Å²) < 4.78 is 36.0. The molecule has 0 amide bonds. The Morgan fingerprint density at radius 3 is 2.54 bits per heavy atom. The summed E-state index contributed by atoms with van der Waals surface area (Å²) in [6.07, 6.45) is -0.778. The van der Waals surface area contributed by atoms with E-state index in [2.05, 4.69) is 34.8 Å². The van der Waals surface area contributed by atoms with Crippen molar-refractivity contribution in [3.8, 4) is 28.4 Å². The van der Waals surface area contributed by atoms with Gasteiger partial charge < -0.3 is 20.4 Å². The normalized spacial score (nSPS) is 18.1. The van der Waals surface area contributed by atoms with Gasteiger partial charge in [0, 0.05) is 36.8 Å². The number of anilines is 1. The zero-order valence-electron chi connectivity index (χ0n) is 18.5. The molecule has 1 aliphatic carbocycles. The Balaban J connectivity index is 0.000000364. The highest BCUT2D eigenvalue weighted by Gasteiger charge is 2.38. The third-order valence-electron chi connectivity index (χ3n) is 5.53. The molecule has 1 aromatic carbocycles. The van der Waals surface area contributed by atoms with Gasteiger partial charge in [0.15, 0.2) is 5.82 Å². The molecule has 2 fully saturated rings. The SMILES string of the molecule is Cc1nc(-c2ccc(-c3cnc(N4CCN[C@@H](C5CC5)C4)nn3)c(O)c2)ns1.O=C(O)C(F)(F)F. The van der Waals surface area contributed by atoms with E-state index in [0.29, 0.717) is 29.1 Å². The van der Waals surface area contributed by atoms with Crippen LogP contribution in [0, 0.1) is 12.8 Å². The van der Waals surface area contributed by atoms with Crippen molar-refractivity contribution in [1.29, 1.82) is 0 Å². The quantitative estimate of drug-likeness (QED) is 0.481. The van der Waals surface area contributed by atoms with Gasteiger partial charge in [-0.3, -0.25) is 0 Å². The zero-order chi connectivity index (χ0) is 25.2. The minimum Gasteiger partial charge on any atom is -0.507 e. The van der Waals surface area contributed by atoms with Crippen LogP contribution in [0.4, 0.5) is 19.1 Å². The number of nitrogens with zero attached hydrogens (tertiary/aromatic N) is 6. The van der Waals surface area contributed by atoms with Gasteiger partial charge in [0.1, 0.15) is 16.5 Å². The standard InChI is InChI=1S/C19H21N7OS.C2HF3O2/c1-11-22-18(25-28-11)13-4-5-14(17(27)8-13)15-9-21-19(24-23-15)26-7-6-20-16(10-26)12-2-3-12;3-2(4,5)1(6)7/h4-5,8-9,12,16,20,27H,2-3,6-7,10H2,1H3;(H,6,7)/t16-;/m1./s1. The van der Waals surface area contributed by atoms with Gasteiger partial charge in [-0.25, -0.2) is 14.8 Å². The van der Waals surface area contributed by atoms with Crippen molar-refractivity contribution in [3.63, 3.8) is 0 Å². The van der Waals surface area contributed by atoms with Crippen LogP contribution in [-0.4, -0.2) is 72.6 Å². The van der Waals surface area contributed by atoms with E-state index in [1.165, 1.54) is 24.4 Å². The third kappa shape index (κ3) is 6.19.